The maximum atomic E-state index is 12.8. The van der Waals surface area contributed by atoms with E-state index in [4.69, 9.17) is 9.72 Å². The smallest absolute Gasteiger partial charge is 0.408 e. The van der Waals surface area contributed by atoms with Crippen molar-refractivity contribution in [2.45, 2.75) is 73.6 Å². The predicted molar refractivity (Wildman–Crippen MR) is 135 cm³/mol. The SMILES string of the molecule is Cc1cccc(C)c1CNc1cc(NC(=O)[C@@H](C)NC(=O)OC(C)(C)C)cn2c(C)c(C)nc12. The third-order valence-electron chi connectivity index (χ3n) is 5.69. The lowest BCUT2D eigenvalue weighted by Crippen LogP contribution is -2.44. The van der Waals surface area contributed by atoms with Gasteiger partial charge in [-0.05, 0) is 78.1 Å². The number of benzene rings is 1. The summed E-state index contributed by atoms with van der Waals surface area (Å²) in [5, 5.41) is 8.98. The van der Waals surface area contributed by atoms with Crippen molar-refractivity contribution in [1.29, 1.82) is 0 Å². The highest BCUT2D eigenvalue weighted by molar-refractivity contribution is 5.97. The summed E-state index contributed by atoms with van der Waals surface area (Å²) in [6.07, 6.45) is 1.20. The summed E-state index contributed by atoms with van der Waals surface area (Å²) in [6, 6.07) is 7.34. The van der Waals surface area contributed by atoms with E-state index in [1.165, 1.54) is 16.7 Å². The van der Waals surface area contributed by atoms with Crippen molar-refractivity contribution in [2.24, 2.45) is 0 Å². The van der Waals surface area contributed by atoms with Gasteiger partial charge in [-0.25, -0.2) is 9.78 Å². The van der Waals surface area contributed by atoms with E-state index in [1.807, 2.05) is 30.5 Å². The number of carbonyl (C=O) groups excluding carboxylic acids is 2. The van der Waals surface area contributed by atoms with E-state index in [0.717, 1.165) is 22.7 Å². The van der Waals surface area contributed by atoms with Crippen LogP contribution in [0.25, 0.3) is 5.65 Å². The minimum atomic E-state index is -0.776. The predicted octanol–water partition coefficient (Wildman–Crippen LogP) is 5.03. The first-order valence-corrected chi connectivity index (χ1v) is 11.4. The van der Waals surface area contributed by atoms with Gasteiger partial charge in [0.2, 0.25) is 5.91 Å². The molecule has 0 bridgehead atoms. The minimum Gasteiger partial charge on any atom is -0.444 e. The first-order chi connectivity index (χ1) is 15.9. The number of ether oxygens (including phenoxy) is 1. The molecule has 34 heavy (non-hydrogen) atoms. The Labute approximate surface area is 201 Å². The molecule has 8 nitrogen and oxygen atoms in total. The van der Waals surface area contributed by atoms with E-state index in [-0.39, 0.29) is 5.91 Å². The molecule has 1 atom stereocenters. The fourth-order valence-corrected chi connectivity index (χ4v) is 3.68. The molecule has 0 unspecified atom stereocenters. The normalized spacial score (nSPS) is 12.4. The highest BCUT2D eigenvalue weighted by atomic mass is 16.6. The summed E-state index contributed by atoms with van der Waals surface area (Å²) < 4.78 is 7.21. The number of aryl methyl sites for hydroxylation is 4. The Morgan fingerprint density at radius 1 is 1.12 bits per heavy atom. The van der Waals surface area contributed by atoms with Gasteiger partial charge >= 0.3 is 6.09 Å². The van der Waals surface area contributed by atoms with E-state index in [9.17, 15) is 9.59 Å². The van der Waals surface area contributed by atoms with E-state index in [2.05, 4.69) is 48.0 Å². The van der Waals surface area contributed by atoms with Crippen molar-refractivity contribution < 1.29 is 14.3 Å². The first kappa shape index (κ1) is 25.1. The molecule has 0 aliphatic carbocycles. The van der Waals surface area contributed by atoms with E-state index >= 15 is 0 Å². The molecule has 1 aromatic carbocycles. The molecule has 3 aromatic rings. The number of nitrogens with zero attached hydrogens (tertiary/aromatic N) is 2. The molecule has 2 amide bonds. The van der Waals surface area contributed by atoms with Crippen LogP contribution in [-0.2, 0) is 16.1 Å². The number of pyridine rings is 1. The molecule has 0 saturated carbocycles. The number of imidazole rings is 1. The number of hydrogen-bond acceptors (Lipinski definition) is 5. The number of alkyl carbamates (subject to hydrolysis) is 1. The zero-order valence-electron chi connectivity index (χ0n) is 21.3. The molecule has 182 valence electrons. The second-order valence-corrected chi connectivity index (χ2v) is 9.70. The number of nitrogens with one attached hydrogen (secondary N) is 3. The second-order valence-electron chi connectivity index (χ2n) is 9.70. The van der Waals surface area contributed by atoms with E-state index < -0.39 is 17.7 Å². The highest BCUT2D eigenvalue weighted by Gasteiger charge is 2.22. The number of carbonyl (C=O) groups is 2. The van der Waals surface area contributed by atoms with Crippen LogP contribution < -0.4 is 16.0 Å². The van der Waals surface area contributed by atoms with Gasteiger partial charge in [0.25, 0.3) is 0 Å². The second kappa shape index (κ2) is 9.75. The van der Waals surface area contributed by atoms with Gasteiger partial charge in [0, 0.05) is 18.4 Å². The Morgan fingerprint density at radius 2 is 1.76 bits per heavy atom. The number of hydrogen-bond donors (Lipinski definition) is 3. The molecule has 0 spiro atoms. The third-order valence-corrected chi connectivity index (χ3v) is 5.69. The van der Waals surface area contributed by atoms with Gasteiger partial charge in [-0.15, -0.1) is 0 Å². The number of rotatable bonds is 6. The van der Waals surface area contributed by atoms with Crippen LogP contribution in [0.2, 0.25) is 0 Å². The molecule has 0 saturated heterocycles. The average molecular weight is 466 g/mol. The van der Waals surface area contributed by atoms with Crippen molar-refractivity contribution in [3.8, 4) is 0 Å². The topological polar surface area (TPSA) is 96.8 Å². The van der Waals surface area contributed by atoms with Crippen molar-refractivity contribution in [3.63, 3.8) is 0 Å². The number of fused-ring (bicyclic) bond motifs is 1. The van der Waals surface area contributed by atoms with Crippen LogP contribution in [-0.4, -0.2) is 33.0 Å². The summed E-state index contributed by atoms with van der Waals surface area (Å²) in [5.74, 6) is -0.347. The molecule has 0 radical (unpaired) electrons. The summed E-state index contributed by atoms with van der Waals surface area (Å²) in [5.41, 5.74) is 7.11. The monoisotopic (exact) mass is 465 g/mol. The van der Waals surface area contributed by atoms with E-state index in [0.29, 0.717) is 12.2 Å². The molecule has 2 aromatic heterocycles. The third kappa shape index (κ3) is 5.87. The van der Waals surface area contributed by atoms with E-state index in [1.54, 1.807) is 27.7 Å². The molecule has 2 heterocycles. The average Bonchev–Trinajstić information content (AvgIpc) is 3.00. The largest absolute Gasteiger partial charge is 0.444 e. The van der Waals surface area contributed by atoms with Crippen LogP contribution in [0.15, 0.2) is 30.5 Å². The van der Waals surface area contributed by atoms with Gasteiger partial charge < -0.3 is 25.1 Å². The van der Waals surface area contributed by atoms with Crippen LogP contribution in [0.5, 0.6) is 0 Å². The van der Waals surface area contributed by atoms with Gasteiger partial charge in [-0.1, -0.05) is 18.2 Å². The first-order valence-electron chi connectivity index (χ1n) is 11.4. The van der Waals surface area contributed by atoms with Crippen molar-refractivity contribution in [2.75, 3.05) is 10.6 Å². The van der Waals surface area contributed by atoms with Crippen LogP contribution in [0.4, 0.5) is 16.2 Å². The Balaban J connectivity index is 1.83. The fourth-order valence-electron chi connectivity index (χ4n) is 3.68. The lowest BCUT2D eigenvalue weighted by atomic mass is 10.0. The Hall–Kier alpha value is -3.55. The van der Waals surface area contributed by atoms with Gasteiger partial charge in [0.15, 0.2) is 5.65 Å². The molecule has 0 fully saturated rings. The van der Waals surface area contributed by atoms with Crippen molar-refractivity contribution >= 4 is 29.0 Å². The molecule has 8 heteroatoms. The molecule has 0 aliphatic heterocycles. The number of amides is 2. The quantitative estimate of drug-likeness (QED) is 0.474. The Kier molecular flexibility index (Phi) is 7.19. The molecule has 3 rings (SSSR count). The van der Waals surface area contributed by atoms with Gasteiger partial charge in [0.1, 0.15) is 11.6 Å². The van der Waals surface area contributed by atoms with Crippen LogP contribution in [0.3, 0.4) is 0 Å². The Morgan fingerprint density at radius 3 is 2.38 bits per heavy atom. The maximum Gasteiger partial charge on any atom is 0.408 e. The zero-order chi connectivity index (χ0) is 25.2. The van der Waals surface area contributed by atoms with Gasteiger partial charge in [0.05, 0.1) is 17.1 Å². The van der Waals surface area contributed by atoms with Crippen LogP contribution in [0.1, 0.15) is 55.8 Å². The standard InChI is InChI=1S/C26H35N5O3/c1-15-10-9-11-16(2)21(15)13-27-22-12-20(14-31-19(5)17(3)28-23(22)31)30-24(32)18(4)29-25(33)34-26(6,7)8/h9-12,14,18,27H,13H2,1-8H3,(H,29,33)(H,30,32)/t18-/m1/s1. The van der Waals surface area contributed by atoms with Crippen molar-refractivity contribution in [3.05, 3.63) is 58.5 Å². The number of anilines is 2. The summed E-state index contributed by atoms with van der Waals surface area (Å²) in [6.45, 7) is 15.7. The van der Waals surface area contributed by atoms with Crippen LogP contribution >= 0.6 is 0 Å². The minimum absolute atomic E-state index is 0.347. The summed E-state index contributed by atoms with van der Waals surface area (Å²) in [4.78, 5) is 29.5. The summed E-state index contributed by atoms with van der Waals surface area (Å²) in [7, 11) is 0. The summed E-state index contributed by atoms with van der Waals surface area (Å²) >= 11 is 0. The molecule has 0 aliphatic rings. The highest BCUT2D eigenvalue weighted by Crippen LogP contribution is 2.26. The van der Waals surface area contributed by atoms with Crippen molar-refractivity contribution in [1.82, 2.24) is 14.7 Å². The molecule has 3 N–H and O–H groups in total. The van der Waals surface area contributed by atoms with Gasteiger partial charge in [-0.3, -0.25) is 4.79 Å². The van der Waals surface area contributed by atoms with Gasteiger partial charge in [-0.2, -0.15) is 0 Å². The molecular weight excluding hydrogens is 430 g/mol. The Bertz CT molecular complexity index is 1200. The van der Waals surface area contributed by atoms with Crippen LogP contribution in [0, 0.1) is 27.7 Å². The maximum absolute atomic E-state index is 12.8. The lowest BCUT2D eigenvalue weighted by Gasteiger charge is -2.21. The zero-order valence-corrected chi connectivity index (χ0v) is 21.3. The number of aromatic nitrogens is 2. The molecular formula is C26H35N5O3. The fraction of sp³-hybridized carbons (Fsp3) is 0.423. The lowest BCUT2D eigenvalue weighted by molar-refractivity contribution is -0.117.